The highest BCUT2D eigenvalue weighted by Crippen LogP contribution is 2.60. The number of nitro groups is 1. The second-order valence-corrected chi connectivity index (χ2v) is 7.39. The van der Waals surface area contributed by atoms with Gasteiger partial charge in [-0.25, -0.2) is 4.39 Å². The number of halogens is 1. The number of hydrogen-bond acceptors (Lipinski definition) is 6. The maximum atomic E-state index is 13.3. The van der Waals surface area contributed by atoms with Gasteiger partial charge in [-0.1, -0.05) is 12.1 Å². The summed E-state index contributed by atoms with van der Waals surface area (Å²) in [6.07, 6.45) is 0. The molecule has 0 fully saturated rings. The first-order valence-corrected chi connectivity index (χ1v) is 9.66. The molecule has 2 aromatic carbocycles. The van der Waals surface area contributed by atoms with Crippen LogP contribution in [0.4, 0.5) is 15.8 Å². The maximum Gasteiger partial charge on any atom is 0.357 e. The lowest BCUT2D eigenvalue weighted by molar-refractivity contribution is -0.384. The zero-order chi connectivity index (χ0) is 19.2. The SMILES string of the molecule is CCOP(=O)(OCC)C(Nc1ccc([N+](=O)[O-])cc1)c1ccc(F)cc1. The summed E-state index contributed by atoms with van der Waals surface area (Å²) in [5.41, 5.74) is 0.936. The molecule has 0 saturated heterocycles. The average molecular weight is 382 g/mol. The Bertz CT molecular complexity index is 773. The molecule has 0 saturated carbocycles. The first-order valence-electron chi connectivity index (χ1n) is 8.05. The number of anilines is 1. The molecule has 0 radical (unpaired) electrons. The van der Waals surface area contributed by atoms with Crippen molar-refractivity contribution in [2.75, 3.05) is 18.5 Å². The molecule has 26 heavy (non-hydrogen) atoms. The van der Waals surface area contributed by atoms with E-state index in [1.807, 2.05) is 0 Å². The second-order valence-electron chi connectivity index (χ2n) is 5.28. The van der Waals surface area contributed by atoms with Crippen LogP contribution in [0, 0.1) is 15.9 Å². The number of hydrogen-bond donors (Lipinski definition) is 1. The van der Waals surface area contributed by atoms with E-state index in [9.17, 15) is 19.1 Å². The minimum absolute atomic E-state index is 0.0633. The minimum Gasteiger partial charge on any atom is -0.368 e. The highest BCUT2D eigenvalue weighted by atomic mass is 31.2. The van der Waals surface area contributed by atoms with E-state index in [1.165, 1.54) is 48.5 Å². The Morgan fingerprint density at radius 3 is 2.08 bits per heavy atom. The Balaban J connectivity index is 2.40. The van der Waals surface area contributed by atoms with Crippen molar-refractivity contribution in [3.8, 4) is 0 Å². The lowest BCUT2D eigenvalue weighted by Crippen LogP contribution is -2.15. The van der Waals surface area contributed by atoms with Gasteiger partial charge in [0.2, 0.25) is 0 Å². The third kappa shape index (κ3) is 4.88. The molecule has 0 aliphatic carbocycles. The standard InChI is InChI=1S/C17H20FN2O5P/c1-3-24-26(23,25-4-2)17(13-5-7-14(18)8-6-13)19-15-9-11-16(12-10-15)20(21)22/h5-12,17,19H,3-4H2,1-2H3. The van der Waals surface area contributed by atoms with Gasteiger partial charge in [0, 0.05) is 17.8 Å². The first kappa shape index (κ1) is 20.0. The summed E-state index contributed by atoms with van der Waals surface area (Å²) in [6, 6.07) is 11.1. The summed E-state index contributed by atoms with van der Waals surface area (Å²) in [4.78, 5) is 10.3. The quantitative estimate of drug-likeness (QED) is 0.368. The third-order valence-electron chi connectivity index (χ3n) is 3.50. The molecule has 0 aromatic heterocycles. The number of nitrogens with one attached hydrogen (secondary N) is 1. The van der Waals surface area contributed by atoms with Gasteiger partial charge in [0.25, 0.3) is 5.69 Å². The first-order chi connectivity index (χ1) is 12.4. The lowest BCUT2D eigenvalue weighted by Gasteiger charge is -2.28. The summed E-state index contributed by atoms with van der Waals surface area (Å²) in [5, 5.41) is 13.8. The minimum atomic E-state index is -3.63. The molecule has 1 unspecified atom stereocenters. The Morgan fingerprint density at radius 1 is 1.08 bits per heavy atom. The molecule has 2 rings (SSSR count). The van der Waals surface area contributed by atoms with Gasteiger partial charge in [-0.3, -0.25) is 14.7 Å². The Morgan fingerprint density at radius 2 is 1.62 bits per heavy atom. The van der Waals surface area contributed by atoms with Crippen molar-refractivity contribution in [3.63, 3.8) is 0 Å². The Hall–Kier alpha value is -2.28. The normalized spacial score (nSPS) is 12.6. The average Bonchev–Trinajstić information content (AvgIpc) is 2.61. The van der Waals surface area contributed by atoms with E-state index < -0.39 is 24.1 Å². The van der Waals surface area contributed by atoms with Crippen LogP contribution in [0.1, 0.15) is 25.2 Å². The Kier molecular flexibility index (Phi) is 6.85. The molecule has 7 nitrogen and oxygen atoms in total. The molecule has 1 N–H and O–H groups in total. The van der Waals surface area contributed by atoms with E-state index in [0.717, 1.165) is 0 Å². The van der Waals surface area contributed by atoms with Crippen molar-refractivity contribution >= 4 is 19.0 Å². The predicted molar refractivity (Wildman–Crippen MR) is 96.7 cm³/mol. The Labute approximate surface area is 150 Å². The van der Waals surface area contributed by atoms with Crippen LogP contribution in [0.15, 0.2) is 48.5 Å². The van der Waals surface area contributed by atoms with E-state index in [2.05, 4.69) is 5.32 Å². The zero-order valence-electron chi connectivity index (χ0n) is 14.4. The molecule has 140 valence electrons. The fourth-order valence-corrected chi connectivity index (χ4v) is 4.31. The number of nitro benzene ring substituents is 1. The van der Waals surface area contributed by atoms with Crippen LogP contribution in [0.25, 0.3) is 0 Å². The topological polar surface area (TPSA) is 90.7 Å². The third-order valence-corrected chi connectivity index (χ3v) is 5.80. The molecular weight excluding hydrogens is 362 g/mol. The fourth-order valence-electron chi connectivity index (χ4n) is 2.37. The smallest absolute Gasteiger partial charge is 0.357 e. The number of nitrogens with zero attached hydrogens (tertiary/aromatic N) is 1. The molecule has 0 amide bonds. The molecule has 0 aliphatic heterocycles. The van der Waals surface area contributed by atoms with E-state index in [1.54, 1.807) is 13.8 Å². The van der Waals surface area contributed by atoms with Crippen LogP contribution in [0.2, 0.25) is 0 Å². The second kappa shape index (κ2) is 8.89. The van der Waals surface area contributed by atoms with Crippen LogP contribution in [-0.2, 0) is 13.6 Å². The maximum absolute atomic E-state index is 13.3. The predicted octanol–water partition coefficient (Wildman–Crippen LogP) is 5.11. The molecule has 1 atom stereocenters. The lowest BCUT2D eigenvalue weighted by atomic mass is 10.2. The van der Waals surface area contributed by atoms with Crippen LogP contribution in [-0.4, -0.2) is 18.1 Å². The van der Waals surface area contributed by atoms with Crippen molar-refractivity contribution < 1.29 is 22.9 Å². The summed E-state index contributed by atoms with van der Waals surface area (Å²) in [7, 11) is -3.63. The monoisotopic (exact) mass is 382 g/mol. The van der Waals surface area contributed by atoms with Crippen LogP contribution >= 0.6 is 7.60 Å². The van der Waals surface area contributed by atoms with Gasteiger partial charge in [0.05, 0.1) is 18.1 Å². The molecule has 0 heterocycles. The van der Waals surface area contributed by atoms with Crippen molar-refractivity contribution in [1.82, 2.24) is 0 Å². The van der Waals surface area contributed by atoms with Crippen molar-refractivity contribution in [3.05, 3.63) is 70.0 Å². The molecule has 2 aromatic rings. The van der Waals surface area contributed by atoms with Crippen LogP contribution < -0.4 is 5.32 Å². The highest BCUT2D eigenvalue weighted by Gasteiger charge is 2.37. The fraction of sp³-hybridized carbons (Fsp3) is 0.294. The largest absolute Gasteiger partial charge is 0.368 e. The van der Waals surface area contributed by atoms with E-state index in [0.29, 0.717) is 11.3 Å². The van der Waals surface area contributed by atoms with Gasteiger partial charge in [0.15, 0.2) is 5.78 Å². The summed E-state index contributed by atoms with van der Waals surface area (Å²) in [6.45, 7) is 3.71. The molecule has 0 spiro atoms. The molecule has 0 aliphatic rings. The van der Waals surface area contributed by atoms with Crippen molar-refractivity contribution in [1.29, 1.82) is 0 Å². The molecular formula is C17H20FN2O5P. The van der Waals surface area contributed by atoms with Crippen molar-refractivity contribution in [2.24, 2.45) is 0 Å². The number of non-ortho nitro benzene ring substituents is 1. The number of benzene rings is 2. The van der Waals surface area contributed by atoms with Gasteiger partial charge in [-0.15, -0.1) is 0 Å². The molecule has 0 bridgehead atoms. The van der Waals surface area contributed by atoms with E-state index >= 15 is 0 Å². The summed E-state index contributed by atoms with van der Waals surface area (Å²) in [5.74, 6) is -1.32. The summed E-state index contributed by atoms with van der Waals surface area (Å²) < 4.78 is 37.4. The number of rotatable bonds is 9. The van der Waals surface area contributed by atoms with Gasteiger partial charge in [-0.2, -0.15) is 0 Å². The van der Waals surface area contributed by atoms with E-state index in [-0.39, 0.29) is 18.9 Å². The van der Waals surface area contributed by atoms with E-state index in [4.69, 9.17) is 9.05 Å². The van der Waals surface area contributed by atoms with Crippen LogP contribution in [0.5, 0.6) is 0 Å². The van der Waals surface area contributed by atoms with Gasteiger partial charge >= 0.3 is 7.60 Å². The van der Waals surface area contributed by atoms with Gasteiger partial charge < -0.3 is 14.4 Å². The van der Waals surface area contributed by atoms with Crippen molar-refractivity contribution in [2.45, 2.75) is 19.6 Å². The zero-order valence-corrected chi connectivity index (χ0v) is 15.3. The highest BCUT2D eigenvalue weighted by molar-refractivity contribution is 7.54. The van der Waals surface area contributed by atoms with Gasteiger partial charge in [0.1, 0.15) is 5.82 Å². The van der Waals surface area contributed by atoms with Gasteiger partial charge in [-0.05, 0) is 43.7 Å². The van der Waals surface area contributed by atoms with Crippen LogP contribution in [0.3, 0.4) is 0 Å². The summed E-state index contributed by atoms with van der Waals surface area (Å²) >= 11 is 0. The molecule has 9 heteroatoms.